The summed E-state index contributed by atoms with van der Waals surface area (Å²) in [5.74, 6) is 0.749. The van der Waals surface area contributed by atoms with Gasteiger partial charge >= 0.3 is 0 Å². The van der Waals surface area contributed by atoms with Gasteiger partial charge in [0.2, 0.25) is 0 Å². The van der Waals surface area contributed by atoms with Crippen molar-refractivity contribution in [3.63, 3.8) is 0 Å². The van der Waals surface area contributed by atoms with E-state index in [1.807, 2.05) is 54.7 Å². The molecule has 2 nitrogen and oxygen atoms in total. The Hall–Kier alpha value is -1.62. The molecular formula is C22H18Br2ClNO. The van der Waals surface area contributed by atoms with Crippen LogP contribution in [-0.4, -0.2) is 6.21 Å². The molecule has 0 heterocycles. The molecule has 0 aliphatic carbocycles. The molecule has 3 aromatic rings. The number of aliphatic imine (C=N–C) groups is 1. The fraction of sp³-hybridized carbons (Fsp3) is 0.136. The summed E-state index contributed by atoms with van der Waals surface area (Å²) in [5, 5.41) is 0.702. The highest BCUT2D eigenvalue weighted by molar-refractivity contribution is 9.11. The lowest BCUT2D eigenvalue weighted by Crippen LogP contribution is -1.97. The highest BCUT2D eigenvalue weighted by atomic mass is 79.9. The molecule has 0 aliphatic heterocycles. The lowest BCUT2D eigenvalue weighted by atomic mass is 10.1. The third kappa shape index (κ3) is 5.68. The van der Waals surface area contributed by atoms with Gasteiger partial charge in [-0.25, -0.2) is 0 Å². The van der Waals surface area contributed by atoms with Crippen LogP contribution in [0.4, 0.5) is 5.69 Å². The van der Waals surface area contributed by atoms with Crippen LogP contribution < -0.4 is 4.74 Å². The molecule has 0 spiro atoms. The molecule has 0 N–H and O–H groups in total. The Labute approximate surface area is 181 Å². The van der Waals surface area contributed by atoms with Crippen molar-refractivity contribution in [3.8, 4) is 5.75 Å². The van der Waals surface area contributed by atoms with Gasteiger partial charge in [0.1, 0.15) is 12.4 Å². The SMILES string of the molecule is CCc1ccc(N=Cc2cc(Br)c(OCc3cccc(Cl)c3)c(Br)c2)cc1. The summed E-state index contributed by atoms with van der Waals surface area (Å²) in [4.78, 5) is 4.54. The molecule has 0 aromatic heterocycles. The summed E-state index contributed by atoms with van der Waals surface area (Å²) in [7, 11) is 0. The van der Waals surface area contributed by atoms with E-state index in [0.717, 1.165) is 37.9 Å². The molecule has 0 saturated carbocycles. The van der Waals surface area contributed by atoms with E-state index in [2.05, 4.69) is 55.9 Å². The molecule has 0 aliphatic rings. The third-order valence-corrected chi connectivity index (χ3v) is 5.41. The first-order valence-corrected chi connectivity index (χ1v) is 10.5. The highest BCUT2D eigenvalue weighted by Crippen LogP contribution is 2.35. The van der Waals surface area contributed by atoms with Crippen molar-refractivity contribution in [1.29, 1.82) is 0 Å². The highest BCUT2D eigenvalue weighted by Gasteiger charge is 2.09. The van der Waals surface area contributed by atoms with Crippen molar-refractivity contribution in [1.82, 2.24) is 0 Å². The monoisotopic (exact) mass is 505 g/mol. The van der Waals surface area contributed by atoms with Gasteiger partial charge in [-0.3, -0.25) is 4.99 Å². The Balaban J connectivity index is 1.72. The summed E-state index contributed by atoms with van der Waals surface area (Å²) < 4.78 is 7.68. The summed E-state index contributed by atoms with van der Waals surface area (Å²) in [6.45, 7) is 2.58. The van der Waals surface area contributed by atoms with Crippen molar-refractivity contribution >= 4 is 55.4 Å². The Bertz CT molecular complexity index is 932. The largest absolute Gasteiger partial charge is 0.487 e. The van der Waals surface area contributed by atoms with Gasteiger partial charge in [-0.15, -0.1) is 0 Å². The van der Waals surface area contributed by atoms with Crippen LogP contribution in [0.25, 0.3) is 0 Å². The average molecular weight is 508 g/mol. The van der Waals surface area contributed by atoms with E-state index < -0.39 is 0 Å². The molecular weight excluding hydrogens is 490 g/mol. The maximum Gasteiger partial charge on any atom is 0.148 e. The van der Waals surface area contributed by atoms with Gasteiger partial charge in [-0.2, -0.15) is 0 Å². The fourth-order valence-corrected chi connectivity index (χ4v) is 4.20. The van der Waals surface area contributed by atoms with Crippen LogP contribution in [0.2, 0.25) is 5.02 Å². The smallest absolute Gasteiger partial charge is 0.148 e. The number of rotatable bonds is 6. The number of hydrogen-bond acceptors (Lipinski definition) is 2. The van der Waals surface area contributed by atoms with Crippen molar-refractivity contribution in [2.45, 2.75) is 20.0 Å². The van der Waals surface area contributed by atoms with Crippen LogP contribution in [0.5, 0.6) is 5.75 Å². The second-order valence-corrected chi connectivity index (χ2v) is 8.16. The van der Waals surface area contributed by atoms with E-state index in [1.54, 1.807) is 0 Å². The van der Waals surface area contributed by atoms with E-state index in [4.69, 9.17) is 16.3 Å². The van der Waals surface area contributed by atoms with Crippen LogP contribution in [0.15, 0.2) is 74.6 Å². The van der Waals surface area contributed by atoms with Crippen LogP contribution in [0.1, 0.15) is 23.6 Å². The number of nitrogens with zero attached hydrogens (tertiary/aromatic N) is 1. The van der Waals surface area contributed by atoms with Gasteiger partial charge in [-0.05, 0) is 91.4 Å². The molecule has 3 aromatic carbocycles. The zero-order chi connectivity index (χ0) is 19.2. The first kappa shape index (κ1) is 20.1. The normalized spacial score (nSPS) is 11.1. The molecule has 5 heteroatoms. The van der Waals surface area contributed by atoms with Crippen molar-refractivity contribution in [3.05, 3.63) is 91.3 Å². The molecule has 138 valence electrons. The van der Waals surface area contributed by atoms with Gasteiger partial charge in [0.25, 0.3) is 0 Å². The molecule has 0 atom stereocenters. The number of aryl methyl sites for hydroxylation is 1. The van der Waals surface area contributed by atoms with Crippen LogP contribution in [0, 0.1) is 0 Å². The number of ether oxygens (including phenoxy) is 1. The lowest BCUT2D eigenvalue weighted by molar-refractivity contribution is 0.302. The Morgan fingerprint density at radius 1 is 0.963 bits per heavy atom. The standard InChI is InChI=1S/C22H18Br2ClNO/c1-2-15-6-8-19(9-7-15)26-13-17-11-20(23)22(21(24)12-17)27-14-16-4-3-5-18(25)10-16/h3-13H,2,14H2,1H3. The maximum atomic E-state index is 6.02. The van der Waals surface area contributed by atoms with E-state index in [9.17, 15) is 0 Å². The quantitative estimate of drug-likeness (QED) is 0.313. The minimum Gasteiger partial charge on any atom is -0.487 e. The molecule has 0 bridgehead atoms. The average Bonchev–Trinajstić information content (AvgIpc) is 2.66. The summed E-state index contributed by atoms with van der Waals surface area (Å²) in [6.07, 6.45) is 2.87. The first-order valence-electron chi connectivity index (χ1n) is 8.54. The molecule has 0 amide bonds. The first-order chi connectivity index (χ1) is 13.0. The minimum absolute atomic E-state index is 0.439. The van der Waals surface area contributed by atoms with E-state index in [1.165, 1.54) is 5.56 Å². The topological polar surface area (TPSA) is 21.6 Å². The predicted molar refractivity (Wildman–Crippen MR) is 121 cm³/mol. The third-order valence-electron chi connectivity index (χ3n) is 4.00. The van der Waals surface area contributed by atoms with E-state index in [-0.39, 0.29) is 0 Å². The van der Waals surface area contributed by atoms with Gasteiger partial charge in [-0.1, -0.05) is 42.8 Å². The Morgan fingerprint density at radius 2 is 1.67 bits per heavy atom. The minimum atomic E-state index is 0.439. The van der Waals surface area contributed by atoms with Gasteiger partial charge in [0.05, 0.1) is 14.6 Å². The Morgan fingerprint density at radius 3 is 2.30 bits per heavy atom. The predicted octanol–water partition coefficient (Wildman–Crippen LogP) is 7.76. The molecule has 0 saturated heterocycles. The summed E-state index contributed by atoms with van der Waals surface area (Å²) >= 11 is 13.2. The molecule has 0 unspecified atom stereocenters. The number of benzene rings is 3. The van der Waals surface area contributed by atoms with Crippen LogP contribution >= 0.6 is 43.5 Å². The molecule has 0 radical (unpaired) electrons. The van der Waals surface area contributed by atoms with Crippen molar-refractivity contribution in [2.24, 2.45) is 4.99 Å². The number of halogens is 3. The van der Waals surface area contributed by atoms with Crippen molar-refractivity contribution in [2.75, 3.05) is 0 Å². The number of hydrogen-bond donors (Lipinski definition) is 0. The van der Waals surface area contributed by atoms with E-state index >= 15 is 0 Å². The molecule has 27 heavy (non-hydrogen) atoms. The lowest BCUT2D eigenvalue weighted by Gasteiger charge is -2.11. The Kier molecular flexibility index (Phi) is 7.11. The second kappa shape index (κ2) is 9.54. The second-order valence-electron chi connectivity index (χ2n) is 6.01. The molecule has 0 fully saturated rings. The summed E-state index contributed by atoms with van der Waals surface area (Å²) in [5.41, 5.74) is 4.23. The van der Waals surface area contributed by atoms with Crippen molar-refractivity contribution < 1.29 is 4.74 Å². The van der Waals surface area contributed by atoms with Crippen LogP contribution in [0.3, 0.4) is 0 Å². The zero-order valence-corrected chi connectivity index (χ0v) is 18.7. The summed E-state index contributed by atoms with van der Waals surface area (Å²) in [6, 6.07) is 19.9. The maximum absolute atomic E-state index is 6.02. The zero-order valence-electron chi connectivity index (χ0n) is 14.8. The van der Waals surface area contributed by atoms with E-state index in [0.29, 0.717) is 11.6 Å². The molecule has 3 rings (SSSR count). The fourth-order valence-electron chi connectivity index (χ4n) is 2.54. The van der Waals surface area contributed by atoms with Gasteiger partial charge < -0.3 is 4.74 Å². The van der Waals surface area contributed by atoms with Crippen LogP contribution in [-0.2, 0) is 13.0 Å². The van der Waals surface area contributed by atoms with Gasteiger partial charge in [0.15, 0.2) is 0 Å². The van der Waals surface area contributed by atoms with Gasteiger partial charge in [0, 0.05) is 11.2 Å².